The summed E-state index contributed by atoms with van der Waals surface area (Å²) in [6.45, 7) is 2.26. The van der Waals surface area contributed by atoms with E-state index in [1.807, 2.05) is 19.1 Å². The predicted molar refractivity (Wildman–Crippen MR) is 125 cm³/mol. The Labute approximate surface area is 171 Å². The third-order valence-corrected chi connectivity index (χ3v) is 14.9. The summed E-state index contributed by atoms with van der Waals surface area (Å²) >= 11 is 4.48. The van der Waals surface area contributed by atoms with Crippen molar-refractivity contribution in [2.75, 3.05) is 20.3 Å². The molecule has 0 amide bonds. The molecular weight excluding hydrogens is 415 g/mol. The molecule has 1 N–H and O–H groups in total. The molecule has 0 aliphatic carbocycles. The van der Waals surface area contributed by atoms with Crippen molar-refractivity contribution >= 4 is 36.7 Å². The molecule has 0 saturated heterocycles. The van der Waals surface area contributed by atoms with E-state index >= 15 is 0 Å². The van der Waals surface area contributed by atoms with Crippen LogP contribution in [0.2, 0.25) is 0 Å². The molecule has 3 rings (SSSR count). The number of hydrazine groups is 1. The first-order valence-corrected chi connectivity index (χ1v) is 13.7. The fraction of sp³-hybridized carbons (Fsp3) is 0.217. The van der Waals surface area contributed by atoms with Crippen molar-refractivity contribution in [3.63, 3.8) is 0 Å². The zero-order valence-electron chi connectivity index (χ0n) is 16.2. The Bertz CT molecular complexity index is 754. The molecule has 1 atom stereocenters. The van der Waals surface area contributed by atoms with Gasteiger partial charge in [0.05, 0.1) is 0 Å². The summed E-state index contributed by atoms with van der Waals surface area (Å²) in [5.74, 6) is 0. The van der Waals surface area contributed by atoms with Crippen LogP contribution in [-0.2, 0) is 0 Å². The van der Waals surface area contributed by atoms with E-state index in [0.29, 0.717) is 0 Å². The average molecular weight is 443 g/mol. The second-order valence-electron chi connectivity index (χ2n) is 7.30. The van der Waals surface area contributed by atoms with Gasteiger partial charge in [0, 0.05) is 0 Å². The molecule has 142 valence electrons. The molecule has 0 aliphatic rings. The molecule has 1 unspecified atom stereocenters. The summed E-state index contributed by atoms with van der Waals surface area (Å²) in [5.41, 5.74) is 3.57. The summed E-state index contributed by atoms with van der Waals surface area (Å²) in [6.07, 6.45) is 0.974. The van der Waals surface area contributed by atoms with E-state index in [0.717, 1.165) is 6.16 Å². The molecule has 0 aromatic heterocycles. The van der Waals surface area contributed by atoms with Gasteiger partial charge in [-0.05, 0) is 0 Å². The minimum atomic E-state index is -2.84. The number of rotatable bonds is 7. The molecule has 0 heterocycles. The van der Waals surface area contributed by atoms with E-state index in [2.05, 4.69) is 119 Å². The van der Waals surface area contributed by atoms with Gasteiger partial charge in [0.15, 0.2) is 0 Å². The summed E-state index contributed by atoms with van der Waals surface area (Å²) < 4.78 is 0. The molecule has 27 heavy (non-hydrogen) atoms. The number of hydrogen-bond acceptors (Lipinski definition) is 2. The van der Waals surface area contributed by atoms with Crippen LogP contribution in [0.4, 0.5) is 0 Å². The van der Waals surface area contributed by atoms with Crippen LogP contribution in [0.3, 0.4) is 0 Å². The second-order valence-corrected chi connectivity index (χ2v) is 16.3. The van der Waals surface area contributed by atoms with Crippen LogP contribution in [0.15, 0.2) is 91.0 Å². The van der Waals surface area contributed by atoms with Crippen LogP contribution in [-0.4, -0.2) is 31.3 Å². The zero-order valence-corrected chi connectivity index (χ0v) is 18.7. The first kappa shape index (κ1) is 20.2. The van der Waals surface area contributed by atoms with Crippen LogP contribution in [0.5, 0.6) is 0 Å². The third kappa shape index (κ3) is 3.88. The van der Waals surface area contributed by atoms with Gasteiger partial charge in [-0.2, -0.15) is 0 Å². The molecule has 0 bridgehead atoms. The maximum atomic E-state index is 4.48. The molecule has 0 fully saturated rings. The number of nitrogens with one attached hydrogen (secondary N) is 1. The molecule has 3 aromatic rings. The molecule has 0 aliphatic heterocycles. The van der Waals surface area contributed by atoms with Crippen molar-refractivity contribution in [2.24, 2.45) is 0 Å². The quantitative estimate of drug-likeness (QED) is 0.433. The fourth-order valence-corrected chi connectivity index (χ4v) is 12.4. The van der Waals surface area contributed by atoms with Gasteiger partial charge in [-0.1, -0.05) is 0 Å². The second kappa shape index (κ2) is 8.24. The van der Waals surface area contributed by atoms with Gasteiger partial charge in [0.25, 0.3) is 0 Å². The van der Waals surface area contributed by atoms with Gasteiger partial charge < -0.3 is 0 Å². The van der Waals surface area contributed by atoms with Crippen molar-refractivity contribution in [3.8, 4) is 0 Å². The van der Waals surface area contributed by atoms with E-state index in [9.17, 15) is 0 Å². The summed E-state index contributed by atoms with van der Waals surface area (Å²) in [7, 11) is 4.10. The standard InChI is InChI=1S/C23H28BrN2P/c1-20(25-26(2)3)19-27(24,21-13-7-4-8-14-21,22-15-9-5-10-16-22)23-17-11-6-12-18-23/h4-18,20,25H,19H2,1-3H3. The molecule has 4 heteroatoms. The van der Waals surface area contributed by atoms with Crippen molar-refractivity contribution < 1.29 is 0 Å². The van der Waals surface area contributed by atoms with Gasteiger partial charge >= 0.3 is 171 Å². The minimum absolute atomic E-state index is 0.290. The van der Waals surface area contributed by atoms with Crippen LogP contribution >= 0.6 is 20.8 Å². The SMILES string of the molecule is CC(CP(Br)(c1ccccc1)(c1ccccc1)c1ccccc1)NN(C)C. The Morgan fingerprint density at radius 2 is 1.07 bits per heavy atom. The van der Waals surface area contributed by atoms with Crippen LogP contribution < -0.4 is 21.3 Å². The van der Waals surface area contributed by atoms with E-state index in [1.54, 1.807) is 0 Å². The number of benzene rings is 3. The number of hydrogen-bond donors (Lipinski definition) is 1. The summed E-state index contributed by atoms with van der Waals surface area (Å²) in [5, 5.41) is 3.26. The van der Waals surface area contributed by atoms with E-state index < -0.39 is 5.31 Å². The molecule has 0 spiro atoms. The Morgan fingerprint density at radius 1 is 0.741 bits per heavy atom. The third-order valence-electron chi connectivity index (χ3n) is 4.98. The molecule has 3 aromatic carbocycles. The van der Waals surface area contributed by atoms with Crippen LogP contribution in [0.25, 0.3) is 0 Å². The van der Waals surface area contributed by atoms with E-state index in [4.69, 9.17) is 0 Å². The van der Waals surface area contributed by atoms with Crippen molar-refractivity contribution in [1.82, 2.24) is 10.4 Å². The topological polar surface area (TPSA) is 15.3 Å². The average Bonchev–Trinajstić information content (AvgIpc) is 2.69. The normalized spacial score (nSPS) is 14.5. The van der Waals surface area contributed by atoms with Crippen LogP contribution in [0.1, 0.15) is 6.92 Å². The fourth-order valence-electron chi connectivity index (χ4n) is 3.98. The maximum absolute atomic E-state index is 4.48. The molecule has 0 saturated carbocycles. The Hall–Kier alpha value is -1.51. The zero-order chi connectivity index (χ0) is 19.4. The molecular formula is C23H28BrN2P. The van der Waals surface area contributed by atoms with Gasteiger partial charge in [-0.15, -0.1) is 0 Å². The molecule has 0 radical (unpaired) electrons. The molecule has 2 nitrogen and oxygen atoms in total. The predicted octanol–water partition coefficient (Wildman–Crippen LogP) is 4.28. The van der Waals surface area contributed by atoms with Gasteiger partial charge in [0.2, 0.25) is 0 Å². The Kier molecular flexibility index (Phi) is 6.18. The number of nitrogens with zero attached hydrogens (tertiary/aromatic N) is 1. The van der Waals surface area contributed by atoms with Gasteiger partial charge in [0.1, 0.15) is 0 Å². The Morgan fingerprint density at radius 3 is 1.37 bits per heavy atom. The Balaban J connectivity index is 2.32. The monoisotopic (exact) mass is 442 g/mol. The first-order chi connectivity index (χ1) is 12.9. The van der Waals surface area contributed by atoms with Crippen LogP contribution in [0, 0.1) is 0 Å². The van der Waals surface area contributed by atoms with Crippen molar-refractivity contribution in [2.45, 2.75) is 13.0 Å². The summed E-state index contributed by atoms with van der Waals surface area (Å²) in [4.78, 5) is 0. The van der Waals surface area contributed by atoms with E-state index in [1.165, 1.54) is 15.9 Å². The summed E-state index contributed by atoms with van der Waals surface area (Å²) in [6, 6.07) is 33.1. The van der Waals surface area contributed by atoms with E-state index in [-0.39, 0.29) is 6.04 Å². The van der Waals surface area contributed by atoms with Crippen molar-refractivity contribution in [1.29, 1.82) is 0 Å². The number of halogens is 1. The van der Waals surface area contributed by atoms with Gasteiger partial charge in [-0.25, -0.2) is 0 Å². The van der Waals surface area contributed by atoms with Crippen molar-refractivity contribution in [3.05, 3.63) is 91.0 Å². The first-order valence-electron chi connectivity index (χ1n) is 9.28. The van der Waals surface area contributed by atoms with Gasteiger partial charge in [-0.3, -0.25) is 0 Å².